The second-order valence-electron chi connectivity index (χ2n) is 12.3. The van der Waals surface area contributed by atoms with Crippen LogP contribution in [0.2, 0.25) is 5.02 Å². The van der Waals surface area contributed by atoms with Crippen LogP contribution in [0.15, 0.2) is 82.5 Å². The fourth-order valence-corrected chi connectivity index (χ4v) is 6.36. The Hall–Kier alpha value is -3.32. The molecule has 5 rings (SSSR count). The summed E-state index contributed by atoms with van der Waals surface area (Å²) in [7, 11) is 0. The van der Waals surface area contributed by atoms with Crippen LogP contribution in [0.1, 0.15) is 63.1 Å². The van der Waals surface area contributed by atoms with Crippen LogP contribution in [0.4, 0.5) is 0 Å². The molecule has 0 bridgehead atoms. The van der Waals surface area contributed by atoms with Crippen molar-refractivity contribution >= 4 is 51.5 Å². The van der Waals surface area contributed by atoms with Gasteiger partial charge in [0, 0.05) is 48.3 Å². The van der Waals surface area contributed by atoms with Crippen LogP contribution in [-0.4, -0.2) is 21.0 Å². The van der Waals surface area contributed by atoms with E-state index in [1.165, 1.54) is 6.07 Å². The number of halogens is 1. The third-order valence-corrected chi connectivity index (χ3v) is 8.27. The minimum Gasteiger partial charge on any atom is -0.364 e. The number of nitrogens with one attached hydrogen (secondary N) is 2. The summed E-state index contributed by atoms with van der Waals surface area (Å²) in [4.78, 5) is 30.7. The number of hydrogen-bond donors (Lipinski definition) is 2. The van der Waals surface area contributed by atoms with Gasteiger partial charge in [-0.1, -0.05) is 64.4 Å². The summed E-state index contributed by atoms with van der Waals surface area (Å²) in [5, 5.41) is 2.71. The summed E-state index contributed by atoms with van der Waals surface area (Å²) in [5.74, 6) is 0. The quantitative estimate of drug-likeness (QED) is 0.134. The lowest BCUT2D eigenvalue weighted by molar-refractivity contribution is -0.114. The number of benzene rings is 3. The molecule has 1 unspecified atom stereocenters. The summed E-state index contributed by atoms with van der Waals surface area (Å²) in [6.45, 7) is 10.8. The zero-order chi connectivity index (χ0) is 29.4. The van der Waals surface area contributed by atoms with Crippen LogP contribution in [-0.2, 0) is 22.6 Å². The maximum absolute atomic E-state index is 11.7. The van der Waals surface area contributed by atoms with Crippen molar-refractivity contribution in [2.45, 2.75) is 63.4 Å². The van der Waals surface area contributed by atoms with Crippen molar-refractivity contribution in [3.05, 3.63) is 111 Å². The number of pyridine rings is 1. The molecule has 1 atom stereocenters. The summed E-state index contributed by atoms with van der Waals surface area (Å²) >= 11 is 8.24. The molecule has 2 aromatic heterocycles. The normalized spacial score (nSPS) is 13.1. The Balaban J connectivity index is 1.54. The van der Waals surface area contributed by atoms with E-state index in [2.05, 4.69) is 61.1 Å². The molecule has 0 aliphatic rings. The van der Waals surface area contributed by atoms with Crippen LogP contribution in [0, 0.1) is 5.41 Å². The molecule has 5 aromatic rings. The van der Waals surface area contributed by atoms with Crippen molar-refractivity contribution in [1.82, 2.24) is 9.97 Å². The molecule has 5 nitrogen and oxygen atoms in total. The first-order valence-electron chi connectivity index (χ1n) is 13.7. The van der Waals surface area contributed by atoms with Crippen LogP contribution >= 0.6 is 23.4 Å². The number of fused-ring (bicyclic) bond motifs is 2. The highest BCUT2D eigenvalue weighted by atomic mass is 35.5. The number of rotatable bonds is 9. The van der Waals surface area contributed by atoms with E-state index in [9.17, 15) is 9.59 Å². The van der Waals surface area contributed by atoms with E-state index in [4.69, 9.17) is 16.3 Å². The van der Waals surface area contributed by atoms with Crippen LogP contribution < -0.4 is 5.56 Å². The standard InChI is InChI=1S/C34H35ClN2O3S/c1-33(2,3)41-30-17-25(35)9-10-27(30)32(40-19-21-6-11-28-22(14-21)8-13-31(39)37-28)23-7-12-29-24(15-23)16-26(36-29)18-34(4,5)20-38/h6-17,20,32,36H,18-19H2,1-5H3,(H,37,39). The highest BCUT2D eigenvalue weighted by Crippen LogP contribution is 2.41. The number of ether oxygens (including phenoxy) is 1. The van der Waals surface area contributed by atoms with Crippen LogP contribution in [0.3, 0.4) is 0 Å². The predicted octanol–water partition coefficient (Wildman–Crippen LogP) is 8.63. The Morgan fingerprint density at radius 2 is 1.63 bits per heavy atom. The molecule has 2 N–H and O–H groups in total. The van der Waals surface area contributed by atoms with Gasteiger partial charge in [0.15, 0.2) is 0 Å². The lowest BCUT2D eigenvalue weighted by Gasteiger charge is -2.25. The van der Waals surface area contributed by atoms with Gasteiger partial charge >= 0.3 is 0 Å². The molecular formula is C34H35ClN2O3S. The third kappa shape index (κ3) is 7.13. The van der Waals surface area contributed by atoms with Gasteiger partial charge in [-0.25, -0.2) is 0 Å². The van der Waals surface area contributed by atoms with E-state index in [1.54, 1.807) is 11.8 Å². The SMILES string of the molecule is CC(C)(C=O)Cc1cc2cc(C(OCc3ccc4[nH]c(=O)ccc4c3)c3ccc(Cl)cc3SC(C)(C)C)ccc2[nH]1. The largest absolute Gasteiger partial charge is 0.364 e. The number of aldehydes is 1. The third-order valence-electron chi connectivity index (χ3n) is 6.85. The number of thioether (sulfide) groups is 1. The van der Waals surface area contributed by atoms with E-state index >= 15 is 0 Å². The molecule has 212 valence electrons. The topological polar surface area (TPSA) is 75.0 Å². The molecule has 0 fully saturated rings. The number of carbonyl (C=O) groups is 1. The van der Waals surface area contributed by atoms with Crippen molar-refractivity contribution < 1.29 is 9.53 Å². The second-order valence-corrected chi connectivity index (χ2v) is 14.6. The maximum Gasteiger partial charge on any atom is 0.248 e. The van der Waals surface area contributed by atoms with Crippen molar-refractivity contribution in [1.29, 1.82) is 0 Å². The van der Waals surface area contributed by atoms with E-state index < -0.39 is 5.41 Å². The Morgan fingerprint density at radius 1 is 0.878 bits per heavy atom. The molecule has 0 saturated carbocycles. The Labute approximate surface area is 249 Å². The first-order chi connectivity index (χ1) is 19.4. The highest BCUT2D eigenvalue weighted by molar-refractivity contribution is 8.00. The Bertz CT molecular complexity index is 1780. The number of aromatic amines is 2. The van der Waals surface area contributed by atoms with E-state index in [1.807, 2.05) is 50.2 Å². The van der Waals surface area contributed by atoms with Gasteiger partial charge in [0.2, 0.25) is 5.56 Å². The fraction of sp³-hybridized carbons (Fsp3) is 0.294. The molecule has 2 heterocycles. The number of carbonyl (C=O) groups excluding carboxylic acids is 1. The fourth-order valence-electron chi connectivity index (χ4n) is 4.98. The lowest BCUT2D eigenvalue weighted by atomic mass is 9.90. The van der Waals surface area contributed by atoms with E-state index in [0.29, 0.717) is 18.1 Å². The highest BCUT2D eigenvalue weighted by Gasteiger charge is 2.24. The van der Waals surface area contributed by atoms with E-state index in [0.717, 1.165) is 55.4 Å². The van der Waals surface area contributed by atoms with Gasteiger partial charge in [0.1, 0.15) is 12.4 Å². The van der Waals surface area contributed by atoms with Gasteiger partial charge in [0.05, 0.1) is 6.61 Å². The maximum atomic E-state index is 11.7. The number of hydrogen-bond acceptors (Lipinski definition) is 4. The van der Waals surface area contributed by atoms with Crippen LogP contribution in [0.25, 0.3) is 21.8 Å². The predicted molar refractivity (Wildman–Crippen MR) is 170 cm³/mol. The molecule has 0 amide bonds. The summed E-state index contributed by atoms with van der Waals surface area (Å²) < 4.78 is 6.71. The minimum absolute atomic E-state index is 0.0237. The van der Waals surface area contributed by atoms with Crippen LogP contribution in [0.5, 0.6) is 0 Å². The molecule has 0 radical (unpaired) electrons. The monoisotopic (exact) mass is 586 g/mol. The molecule has 0 aliphatic carbocycles. The number of H-pyrrole nitrogens is 2. The Kier molecular flexibility index (Phi) is 8.20. The summed E-state index contributed by atoms with van der Waals surface area (Å²) in [6.07, 6.45) is 1.29. The van der Waals surface area contributed by atoms with Crippen molar-refractivity contribution in [3.63, 3.8) is 0 Å². The molecule has 7 heteroatoms. The summed E-state index contributed by atoms with van der Waals surface area (Å²) in [6, 6.07) is 23.8. The molecule has 41 heavy (non-hydrogen) atoms. The zero-order valence-electron chi connectivity index (χ0n) is 24.0. The first kappa shape index (κ1) is 29.2. The van der Waals surface area contributed by atoms with Crippen molar-refractivity contribution in [2.24, 2.45) is 5.41 Å². The van der Waals surface area contributed by atoms with Gasteiger partial charge in [-0.15, -0.1) is 11.8 Å². The Morgan fingerprint density at radius 3 is 2.39 bits per heavy atom. The van der Waals surface area contributed by atoms with Gasteiger partial charge in [0.25, 0.3) is 0 Å². The average molecular weight is 587 g/mol. The second kappa shape index (κ2) is 11.5. The first-order valence-corrected chi connectivity index (χ1v) is 14.9. The number of aromatic nitrogens is 2. The van der Waals surface area contributed by atoms with Crippen molar-refractivity contribution in [3.8, 4) is 0 Å². The molecule has 0 saturated heterocycles. The van der Waals surface area contributed by atoms with Gasteiger partial charge < -0.3 is 19.5 Å². The molecule has 0 spiro atoms. The lowest BCUT2D eigenvalue weighted by Crippen LogP contribution is -2.16. The van der Waals surface area contributed by atoms with Gasteiger partial charge in [-0.3, -0.25) is 4.79 Å². The van der Waals surface area contributed by atoms with Gasteiger partial charge in [-0.2, -0.15) is 0 Å². The molecular weight excluding hydrogens is 552 g/mol. The summed E-state index contributed by atoms with van der Waals surface area (Å²) in [5.41, 5.74) is 5.37. The zero-order valence-corrected chi connectivity index (χ0v) is 25.6. The molecule has 3 aromatic carbocycles. The van der Waals surface area contributed by atoms with Crippen molar-refractivity contribution in [2.75, 3.05) is 0 Å². The smallest absolute Gasteiger partial charge is 0.248 e. The minimum atomic E-state index is -0.440. The van der Waals surface area contributed by atoms with Gasteiger partial charge in [-0.05, 0) is 77.0 Å². The molecule has 0 aliphatic heterocycles. The average Bonchev–Trinajstić information content (AvgIpc) is 3.29. The van der Waals surface area contributed by atoms with E-state index in [-0.39, 0.29) is 16.4 Å².